The SMILES string of the molecule is CC(C)(C)OC(=O)Cc1cc(P)cnc1C1CCC1. The van der Waals surface area contributed by atoms with Crippen LogP contribution in [-0.2, 0) is 16.0 Å². The molecule has 0 N–H and O–H groups in total. The van der Waals surface area contributed by atoms with Crippen molar-refractivity contribution in [2.75, 3.05) is 0 Å². The van der Waals surface area contributed by atoms with Gasteiger partial charge in [0.1, 0.15) is 5.60 Å². The molecule has 1 atom stereocenters. The summed E-state index contributed by atoms with van der Waals surface area (Å²) in [5, 5.41) is 1.02. The second-order valence-electron chi connectivity index (χ2n) is 6.20. The number of hydrogen-bond donors (Lipinski definition) is 0. The highest BCUT2D eigenvalue weighted by atomic mass is 31.0. The molecule has 2 rings (SSSR count). The molecule has 0 aromatic carbocycles. The zero-order chi connectivity index (χ0) is 14.0. The molecule has 1 aliphatic rings. The number of aromatic nitrogens is 1. The molecule has 1 unspecified atom stereocenters. The monoisotopic (exact) mass is 279 g/mol. The molecular formula is C15H22NO2P. The quantitative estimate of drug-likeness (QED) is 0.631. The Kier molecular flexibility index (Phi) is 4.25. The Morgan fingerprint density at radius 3 is 2.68 bits per heavy atom. The van der Waals surface area contributed by atoms with Gasteiger partial charge in [-0.15, -0.1) is 9.24 Å². The van der Waals surface area contributed by atoms with E-state index in [9.17, 15) is 4.79 Å². The van der Waals surface area contributed by atoms with Gasteiger partial charge in [0.05, 0.1) is 6.42 Å². The molecule has 3 nitrogen and oxygen atoms in total. The fourth-order valence-electron chi connectivity index (χ4n) is 2.26. The summed E-state index contributed by atoms with van der Waals surface area (Å²) in [6.45, 7) is 5.67. The summed E-state index contributed by atoms with van der Waals surface area (Å²) in [4.78, 5) is 16.5. The van der Waals surface area contributed by atoms with Crippen molar-refractivity contribution >= 4 is 20.5 Å². The van der Waals surface area contributed by atoms with Gasteiger partial charge in [0.15, 0.2) is 0 Å². The van der Waals surface area contributed by atoms with E-state index in [1.807, 2.05) is 33.0 Å². The van der Waals surface area contributed by atoms with Crippen LogP contribution < -0.4 is 5.30 Å². The highest BCUT2D eigenvalue weighted by molar-refractivity contribution is 7.27. The smallest absolute Gasteiger partial charge is 0.310 e. The van der Waals surface area contributed by atoms with Crippen molar-refractivity contribution in [1.82, 2.24) is 4.98 Å². The van der Waals surface area contributed by atoms with E-state index in [0.717, 1.165) is 16.6 Å². The van der Waals surface area contributed by atoms with Crippen molar-refractivity contribution < 1.29 is 9.53 Å². The maximum atomic E-state index is 12.0. The van der Waals surface area contributed by atoms with Crippen LogP contribution >= 0.6 is 9.24 Å². The van der Waals surface area contributed by atoms with Crippen LogP contribution in [0.15, 0.2) is 12.3 Å². The summed E-state index contributed by atoms with van der Waals surface area (Å²) in [7, 11) is 2.64. The highest BCUT2D eigenvalue weighted by Gasteiger charge is 2.25. The lowest BCUT2D eigenvalue weighted by Crippen LogP contribution is -2.26. The zero-order valence-corrected chi connectivity index (χ0v) is 13.1. The number of ether oxygens (including phenoxy) is 1. The minimum Gasteiger partial charge on any atom is -0.460 e. The number of nitrogens with zero attached hydrogens (tertiary/aromatic N) is 1. The van der Waals surface area contributed by atoms with Crippen LogP contribution in [0.5, 0.6) is 0 Å². The third-order valence-corrected chi connectivity index (χ3v) is 3.59. The fraction of sp³-hybridized carbons (Fsp3) is 0.600. The minimum absolute atomic E-state index is 0.175. The normalized spacial score (nSPS) is 16.0. The standard InChI is InChI=1S/C15H22NO2P/c1-15(2,3)18-13(17)8-11-7-12(19)9-16-14(11)10-5-4-6-10/h7,9-10H,4-6,8,19H2,1-3H3. The van der Waals surface area contributed by atoms with Gasteiger partial charge in [-0.05, 0) is 50.5 Å². The minimum atomic E-state index is -0.431. The van der Waals surface area contributed by atoms with Crippen LogP contribution in [0.25, 0.3) is 0 Å². The first kappa shape index (κ1) is 14.5. The summed E-state index contributed by atoms with van der Waals surface area (Å²) in [6.07, 6.45) is 5.81. The molecule has 1 saturated carbocycles. The molecule has 4 heteroatoms. The maximum Gasteiger partial charge on any atom is 0.310 e. The lowest BCUT2D eigenvalue weighted by molar-refractivity contribution is -0.153. The van der Waals surface area contributed by atoms with Gasteiger partial charge in [0.2, 0.25) is 0 Å². The first-order valence-corrected chi connectivity index (χ1v) is 7.39. The van der Waals surface area contributed by atoms with Gasteiger partial charge >= 0.3 is 5.97 Å². The molecule has 1 aromatic rings. The molecule has 19 heavy (non-hydrogen) atoms. The van der Waals surface area contributed by atoms with E-state index < -0.39 is 5.60 Å². The molecule has 1 aromatic heterocycles. The summed E-state index contributed by atoms with van der Waals surface area (Å²) < 4.78 is 5.39. The first-order valence-electron chi connectivity index (χ1n) is 6.81. The number of hydrogen-bond acceptors (Lipinski definition) is 3. The van der Waals surface area contributed by atoms with Crippen molar-refractivity contribution in [3.05, 3.63) is 23.5 Å². The van der Waals surface area contributed by atoms with E-state index in [2.05, 4.69) is 14.2 Å². The first-order chi connectivity index (χ1) is 8.85. The van der Waals surface area contributed by atoms with Crippen LogP contribution in [0, 0.1) is 0 Å². The molecule has 1 fully saturated rings. The number of rotatable bonds is 3. The van der Waals surface area contributed by atoms with Crippen LogP contribution in [0.3, 0.4) is 0 Å². The number of esters is 1. The molecule has 0 aliphatic heterocycles. The van der Waals surface area contributed by atoms with E-state index in [-0.39, 0.29) is 5.97 Å². The van der Waals surface area contributed by atoms with Crippen LogP contribution in [-0.4, -0.2) is 16.6 Å². The van der Waals surface area contributed by atoms with Crippen molar-refractivity contribution in [2.24, 2.45) is 0 Å². The predicted molar refractivity (Wildman–Crippen MR) is 79.7 cm³/mol. The second-order valence-corrected chi connectivity index (χ2v) is 6.87. The van der Waals surface area contributed by atoms with Crippen LogP contribution in [0.2, 0.25) is 0 Å². The Hall–Kier alpha value is -0.950. The lowest BCUT2D eigenvalue weighted by Gasteiger charge is -2.27. The fourth-order valence-corrected chi connectivity index (χ4v) is 2.54. The highest BCUT2D eigenvalue weighted by Crippen LogP contribution is 2.36. The maximum absolute atomic E-state index is 12.0. The Morgan fingerprint density at radius 2 is 2.16 bits per heavy atom. The van der Waals surface area contributed by atoms with E-state index in [1.165, 1.54) is 19.3 Å². The Morgan fingerprint density at radius 1 is 1.47 bits per heavy atom. The van der Waals surface area contributed by atoms with Crippen LogP contribution in [0.1, 0.15) is 57.2 Å². The van der Waals surface area contributed by atoms with Crippen LogP contribution in [0.4, 0.5) is 0 Å². The van der Waals surface area contributed by atoms with Gasteiger partial charge in [-0.1, -0.05) is 6.42 Å². The molecule has 1 aliphatic carbocycles. The van der Waals surface area contributed by atoms with Gasteiger partial charge in [-0.25, -0.2) is 0 Å². The molecule has 0 spiro atoms. The lowest BCUT2D eigenvalue weighted by atomic mass is 9.80. The Labute approximate surface area is 117 Å². The largest absolute Gasteiger partial charge is 0.460 e. The van der Waals surface area contributed by atoms with Gasteiger partial charge in [0.25, 0.3) is 0 Å². The molecule has 104 valence electrons. The van der Waals surface area contributed by atoms with E-state index in [4.69, 9.17) is 4.74 Å². The van der Waals surface area contributed by atoms with Gasteiger partial charge in [-0.3, -0.25) is 9.78 Å². The topological polar surface area (TPSA) is 39.2 Å². The van der Waals surface area contributed by atoms with E-state index in [0.29, 0.717) is 12.3 Å². The number of pyridine rings is 1. The molecule has 0 saturated heterocycles. The van der Waals surface area contributed by atoms with Crippen molar-refractivity contribution in [3.63, 3.8) is 0 Å². The summed E-state index contributed by atoms with van der Waals surface area (Å²) in [6, 6.07) is 2.04. The number of carbonyl (C=O) groups excluding carboxylic acids is 1. The number of carbonyl (C=O) groups is 1. The van der Waals surface area contributed by atoms with E-state index >= 15 is 0 Å². The average molecular weight is 279 g/mol. The van der Waals surface area contributed by atoms with Gasteiger partial charge in [-0.2, -0.15) is 0 Å². The molecule has 0 bridgehead atoms. The molecule has 1 heterocycles. The summed E-state index contributed by atoms with van der Waals surface area (Å²) >= 11 is 0. The van der Waals surface area contributed by atoms with Crippen molar-refractivity contribution in [2.45, 2.75) is 58.0 Å². The summed E-state index contributed by atoms with van der Waals surface area (Å²) in [5.41, 5.74) is 1.68. The van der Waals surface area contributed by atoms with Crippen molar-refractivity contribution in [3.8, 4) is 0 Å². The van der Waals surface area contributed by atoms with Gasteiger partial charge in [0, 0.05) is 17.8 Å². The van der Waals surface area contributed by atoms with Gasteiger partial charge < -0.3 is 4.74 Å². The predicted octanol–water partition coefficient (Wildman–Crippen LogP) is 2.73. The third kappa shape index (κ3) is 4.01. The second kappa shape index (κ2) is 5.58. The molecular weight excluding hydrogens is 257 g/mol. The third-order valence-electron chi connectivity index (χ3n) is 3.27. The summed E-state index contributed by atoms with van der Waals surface area (Å²) in [5.74, 6) is 0.355. The van der Waals surface area contributed by atoms with E-state index in [1.54, 1.807) is 0 Å². The zero-order valence-electron chi connectivity index (χ0n) is 11.9. The van der Waals surface area contributed by atoms with Crippen molar-refractivity contribution in [1.29, 1.82) is 0 Å². The Balaban J connectivity index is 2.14. The average Bonchev–Trinajstić information content (AvgIpc) is 2.16. The molecule has 0 amide bonds. The molecule has 0 radical (unpaired) electrons. The Bertz CT molecular complexity index is 476.